The van der Waals surface area contributed by atoms with Crippen LogP contribution in [0.4, 0.5) is 13.2 Å². The number of para-hydroxylation sites is 1. The van der Waals surface area contributed by atoms with Crippen LogP contribution in [0.1, 0.15) is 29.0 Å². The molecule has 1 aliphatic rings. The van der Waals surface area contributed by atoms with Gasteiger partial charge in [-0.15, -0.1) is 11.3 Å². The lowest BCUT2D eigenvalue weighted by Gasteiger charge is -2.39. The van der Waals surface area contributed by atoms with Crippen molar-refractivity contribution in [3.05, 3.63) is 64.7 Å². The van der Waals surface area contributed by atoms with E-state index in [1.165, 1.54) is 17.4 Å². The van der Waals surface area contributed by atoms with Crippen LogP contribution in [0.2, 0.25) is 0 Å². The summed E-state index contributed by atoms with van der Waals surface area (Å²) in [5.74, 6) is -0.204. The summed E-state index contributed by atoms with van der Waals surface area (Å²) in [6.45, 7) is 0.966. The number of aromatic nitrogens is 1. The van der Waals surface area contributed by atoms with E-state index in [9.17, 15) is 18.0 Å². The third-order valence-corrected chi connectivity index (χ3v) is 6.58. The summed E-state index contributed by atoms with van der Waals surface area (Å²) in [7, 11) is 1.68. The summed E-state index contributed by atoms with van der Waals surface area (Å²) in [5, 5.41) is 0.790. The molecule has 3 aromatic rings. The van der Waals surface area contributed by atoms with Gasteiger partial charge in [-0.25, -0.2) is 4.98 Å². The second kappa shape index (κ2) is 8.00. The zero-order valence-electron chi connectivity index (χ0n) is 16.4. The molecule has 1 amide bonds. The molecule has 30 heavy (non-hydrogen) atoms. The Morgan fingerprint density at radius 3 is 2.60 bits per heavy atom. The van der Waals surface area contributed by atoms with Crippen molar-refractivity contribution in [2.75, 3.05) is 20.3 Å². The lowest BCUT2D eigenvalue weighted by atomic mass is 9.72. The first kappa shape index (κ1) is 20.8. The van der Waals surface area contributed by atoms with Crippen molar-refractivity contribution in [3.63, 3.8) is 0 Å². The molecule has 1 aliphatic heterocycles. The van der Waals surface area contributed by atoms with Crippen LogP contribution in [0.3, 0.4) is 0 Å². The van der Waals surface area contributed by atoms with Gasteiger partial charge in [0.15, 0.2) is 0 Å². The molecule has 4 nitrogen and oxygen atoms in total. The van der Waals surface area contributed by atoms with Gasteiger partial charge in [0.05, 0.1) is 27.7 Å². The Bertz CT molecular complexity index is 1020. The maximum absolute atomic E-state index is 13.6. The van der Waals surface area contributed by atoms with Crippen LogP contribution in [0, 0.1) is 0 Å². The third kappa shape index (κ3) is 3.94. The molecule has 1 aromatic heterocycles. The molecule has 1 fully saturated rings. The lowest BCUT2D eigenvalue weighted by molar-refractivity contribution is -0.141. The van der Waals surface area contributed by atoms with Crippen LogP contribution in [0.15, 0.2) is 48.5 Å². The maximum atomic E-state index is 13.6. The minimum Gasteiger partial charge on any atom is -0.381 e. The molecule has 0 bridgehead atoms. The number of hydrogen-bond donors (Lipinski definition) is 0. The highest BCUT2D eigenvalue weighted by molar-refractivity contribution is 7.18. The predicted octanol–water partition coefficient (Wildman–Crippen LogP) is 5.02. The monoisotopic (exact) mass is 434 g/mol. The number of fused-ring (bicyclic) bond motifs is 1. The number of benzene rings is 2. The number of ether oxygens (including phenoxy) is 1. The normalized spacial score (nSPS) is 16.5. The summed E-state index contributed by atoms with van der Waals surface area (Å²) in [6.07, 6.45) is -3.77. The topological polar surface area (TPSA) is 42.4 Å². The predicted molar refractivity (Wildman–Crippen MR) is 109 cm³/mol. The number of carbonyl (C=O) groups excluding carboxylic acids is 1. The highest BCUT2D eigenvalue weighted by Crippen LogP contribution is 2.39. The molecule has 0 unspecified atom stereocenters. The van der Waals surface area contributed by atoms with Crippen molar-refractivity contribution >= 4 is 27.5 Å². The van der Waals surface area contributed by atoms with E-state index in [1.807, 2.05) is 24.3 Å². The number of thiazole rings is 1. The van der Waals surface area contributed by atoms with Crippen LogP contribution in [-0.2, 0) is 27.7 Å². The van der Waals surface area contributed by atoms with Crippen LogP contribution in [0.5, 0.6) is 0 Å². The molecule has 2 heterocycles. The minimum atomic E-state index is -4.46. The van der Waals surface area contributed by atoms with Gasteiger partial charge in [0.1, 0.15) is 5.01 Å². The van der Waals surface area contributed by atoms with E-state index in [2.05, 4.69) is 4.98 Å². The van der Waals surface area contributed by atoms with Crippen LogP contribution in [0.25, 0.3) is 10.2 Å². The SMILES string of the molecule is CN(Cc1nc2ccccc2s1)C(=O)C1(c2cccc(C(F)(F)F)c2)CCOCC1. The standard InChI is InChI=1S/C22H21F3N2O2S/c1-27(14-19-26-17-7-2-3-8-18(17)30-19)20(28)21(9-11-29-12-10-21)15-5-4-6-16(13-15)22(23,24)25/h2-8,13H,9-12,14H2,1H3. The van der Waals surface area contributed by atoms with Crippen LogP contribution in [-0.4, -0.2) is 36.1 Å². The third-order valence-electron chi connectivity index (χ3n) is 5.56. The lowest BCUT2D eigenvalue weighted by Crippen LogP contribution is -2.48. The number of halogens is 3. The Morgan fingerprint density at radius 2 is 1.90 bits per heavy atom. The summed E-state index contributed by atoms with van der Waals surface area (Å²) < 4.78 is 46.3. The van der Waals surface area contributed by atoms with Gasteiger partial charge in [-0.05, 0) is 36.6 Å². The number of rotatable bonds is 4. The van der Waals surface area contributed by atoms with Crippen LogP contribution < -0.4 is 0 Å². The van der Waals surface area contributed by atoms with Crippen molar-refractivity contribution in [1.29, 1.82) is 0 Å². The number of nitrogens with zero attached hydrogens (tertiary/aromatic N) is 2. The first-order valence-electron chi connectivity index (χ1n) is 9.65. The molecular weight excluding hydrogens is 413 g/mol. The number of likely N-dealkylation sites (N-methyl/N-ethyl adjacent to an activating group) is 1. The van der Waals surface area contributed by atoms with Crippen molar-refractivity contribution < 1.29 is 22.7 Å². The Balaban J connectivity index is 1.65. The molecule has 0 atom stereocenters. The van der Waals surface area contributed by atoms with Gasteiger partial charge < -0.3 is 9.64 Å². The fourth-order valence-electron chi connectivity index (χ4n) is 3.97. The summed E-state index contributed by atoms with van der Waals surface area (Å²) in [6, 6.07) is 12.9. The second-order valence-electron chi connectivity index (χ2n) is 7.51. The summed E-state index contributed by atoms with van der Waals surface area (Å²) >= 11 is 1.51. The molecule has 4 rings (SSSR count). The number of alkyl halides is 3. The zero-order valence-corrected chi connectivity index (χ0v) is 17.2. The molecule has 0 N–H and O–H groups in total. The van der Waals surface area contributed by atoms with Crippen molar-refractivity contribution in [2.24, 2.45) is 0 Å². The van der Waals surface area contributed by atoms with Gasteiger partial charge >= 0.3 is 6.18 Å². The second-order valence-corrected chi connectivity index (χ2v) is 8.62. The molecule has 158 valence electrons. The molecule has 0 aliphatic carbocycles. The number of carbonyl (C=O) groups is 1. The van der Waals surface area contributed by atoms with Gasteiger partial charge in [0.2, 0.25) is 5.91 Å². The van der Waals surface area contributed by atoms with Gasteiger partial charge in [-0.3, -0.25) is 4.79 Å². The molecule has 0 spiro atoms. The molecule has 0 radical (unpaired) electrons. The number of amides is 1. The fraction of sp³-hybridized carbons (Fsp3) is 0.364. The molecule has 2 aromatic carbocycles. The fourth-order valence-corrected chi connectivity index (χ4v) is 4.99. The average Bonchev–Trinajstić information content (AvgIpc) is 3.15. The summed E-state index contributed by atoms with van der Waals surface area (Å²) in [4.78, 5) is 19.7. The minimum absolute atomic E-state index is 0.204. The van der Waals surface area contributed by atoms with Gasteiger partial charge in [-0.1, -0.05) is 30.3 Å². The van der Waals surface area contributed by atoms with E-state index in [0.717, 1.165) is 27.4 Å². The van der Waals surface area contributed by atoms with Crippen LogP contribution >= 0.6 is 11.3 Å². The Hall–Kier alpha value is -2.45. The first-order valence-corrected chi connectivity index (χ1v) is 10.5. The molecule has 0 saturated carbocycles. The summed E-state index contributed by atoms with van der Waals surface area (Å²) in [5.41, 5.74) is -0.517. The van der Waals surface area contributed by atoms with E-state index in [0.29, 0.717) is 38.2 Å². The Morgan fingerprint density at radius 1 is 1.17 bits per heavy atom. The molecule has 8 heteroatoms. The highest BCUT2D eigenvalue weighted by atomic mass is 32.1. The molecule has 1 saturated heterocycles. The zero-order chi connectivity index (χ0) is 21.4. The van der Waals surface area contributed by atoms with E-state index < -0.39 is 17.2 Å². The quantitative estimate of drug-likeness (QED) is 0.579. The van der Waals surface area contributed by atoms with E-state index in [4.69, 9.17) is 4.74 Å². The average molecular weight is 434 g/mol. The van der Waals surface area contributed by atoms with Crippen molar-refractivity contribution in [3.8, 4) is 0 Å². The highest BCUT2D eigenvalue weighted by Gasteiger charge is 2.44. The first-order chi connectivity index (χ1) is 14.3. The van der Waals surface area contributed by atoms with Gasteiger partial charge in [0.25, 0.3) is 0 Å². The van der Waals surface area contributed by atoms with E-state index in [1.54, 1.807) is 18.0 Å². The maximum Gasteiger partial charge on any atom is 0.416 e. The van der Waals surface area contributed by atoms with Gasteiger partial charge in [0, 0.05) is 20.3 Å². The molecular formula is C22H21F3N2O2S. The Kier molecular flexibility index (Phi) is 5.55. The van der Waals surface area contributed by atoms with E-state index >= 15 is 0 Å². The van der Waals surface area contributed by atoms with E-state index in [-0.39, 0.29) is 5.91 Å². The Labute approximate surface area is 176 Å². The number of hydrogen-bond acceptors (Lipinski definition) is 4. The van der Waals surface area contributed by atoms with Gasteiger partial charge in [-0.2, -0.15) is 13.2 Å². The smallest absolute Gasteiger partial charge is 0.381 e. The van der Waals surface area contributed by atoms with Crippen molar-refractivity contribution in [1.82, 2.24) is 9.88 Å². The van der Waals surface area contributed by atoms with Crippen molar-refractivity contribution in [2.45, 2.75) is 31.0 Å². The largest absolute Gasteiger partial charge is 0.416 e.